The van der Waals surface area contributed by atoms with Crippen LogP contribution in [-0.2, 0) is 17.6 Å². The van der Waals surface area contributed by atoms with Crippen LogP contribution in [0.1, 0.15) is 11.3 Å². The van der Waals surface area contributed by atoms with Gasteiger partial charge in [-0.1, -0.05) is 42.1 Å². The smallest absolute Gasteiger partial charge is 0.272 e. The summed E-state index contributed by atoms with van der Waals surface area (Å²) >= 11 is 2.71. The summed E-state index contributed by atoms with van der Waals surface area (Å²) in [7, 11) is 0. The molecular weight excluding hydrogens is 421 g/mol. The lowest BCUT2D eigenvalue weighted by Crippen LogP contribution is -2.28. The Morgan fingerprint density at radius 2 is 1.93 bits per heavy atom. The fourth-order valence-electron chi connectivity index (χ4n) is 3.18. The number of aryl methyl sites for hydroxylation is 1. The second-order valence-corrected chi connectivity index (χ2v) is 8.81. The van der Waals surface area contributed by atoms with Crippen LogP contribution in [0.25, 0.3) is 5.69 Å². The lowest BCUT2D eigenvalue weighted by molar-refractivity contribution is -0.118. The number of hydrogen-bond acceptors (Lipinski definition) is 5. The quantitative estimate of drug-likeness (QED) is 0.449. The normalized spacial score (nSPS) is 12.6. The lowest BCUT2D eigenvalue weighted by atomic mass is 10.1. The highest BCUT2D eigenvalue weighted by atomic mass is 32.2. The molecule has 1 aliphatic rings. The first-order valence-corrected chi connectivity index (χ1v) is 11.6. The number of nitrogens with one attached hydrogen (secondary N) is 1. The molecule has 1 amide bonds. The van der Waals surface area contributed by atoms with Gasteiger partial charge in [0.2, 0.25) is 5.91 Å². The number of carbonyl (C=O) groups is 1. The van der Waals surface area contributed by atoms with Crippen molar-refractivity contribution in [3.05, 3.63) is 82.0 Å². The van der Waals surface area contributed by atoms with E-state index in [0.29, 0.717) is 22.3 Å². The van der Waals surface area contributed by atoms with E-state index in [4.69, 9.17) is 0 Å². The first-order chi connectivity index (χ1) is 14.6. The minimum atomic E-state index is -0.373. The Morgan fingerprint density at radius 3 is 2.70 bits per heavy atom. The van der Waals surface area contributed by atoms with E-state index < -0.39 is 0 Å². The van der Waals surface area contributed by atoms with Crippen LogP contribution in [0.4, 0.5) is 4.39 Å². The van der Waals surface area contributed by atoms with Crippen LogP contribution in [0.15, 0.2) is 69.4 Å². The molecule has 1 aliphatic heterocycles. The molecule has 0 atom stereocenters. The van der Waals surface area contributed by atoms with E-state index in [9.17, 15) is 14.0 Å². The van der Waals surface area contributed by atoms with E-state index in [0.717, 1.165) is 29.9 Å². The van der Waals surface area contributed by atoms with E-state index in [2.05, 4.69) is 10.3 Å². The third-order valence-corrected chi connectivity index (χ3v) is 6.71. The first kappa shape index (κ1) is 20.7. The van der Waals surface area contributed by atoms with E-state index in [1.165, 1.54) is 40.2 Å². The molecule has 2 heterocycles. The molecule has 30 heavy (non-hydrogen) atoms. The van der Waals surface area contributed by atoms with Crippen molar-refractivity contribution in [2.75, 3.05) is 18.1 Å². The Bertz CT molecular complexity index is 1100. The van der Waals surface area contributed by atoms with Gasteiger partial charge in [0, 0.05) is 18.7 Å². The molecule has 3 aromatic rings. The summed E-state index contributed by atoms with van der Waals surface area (Å²) in [6.07, 6.45) is 1.49. The van der Waals surface area contributed by atoms with Crippen LogP contribution in [0.5, 0.6) is 0 Å². The molecule has 4 rings (SSSR count). The lowest BCUT2D eigenvalue weighted by Gasteiger charge is -2.13. The number of nitrogens with zero attached hydrogens (tertiary/aromatic N) is 2. The molecule has 0 radical (unpaired) electrons. The zero-order valence-corrected chi connectivity index (χ0v) is 17.8. The van der Waals surface area contributed by atoms with Crippen LogP contribution in [0.3, 0.4) is 0 Å². The third-order valence-electron chi connectivity index (χ3n) is 4.66. The number of halogens is 1. The summed E-state index contributed by atoms with van der Waals surface area (Å²) in [5, 5.41) is 3.36. The van der Waals surface area contributed by atoms with Crippen LogP contribution >= 0.6 is 23.5 Å². The van der Waals surface area contributed by atoms with Crippen molar-refractivity contribution in [3.63, 3.8) is 0 Å². The Kier molecular flexibility index (Phi) is 6.54. The van der Waals surface area contributed by atoms with Gasteiger partial charge in [0.25, 0.3) is 5.56 Å². The number of thioether (sulfide) groups is 2. The fourth-order valence-corrected chi connectivity index (χ4v) is 5.06. The summed E-state index contributed by atoms with van der Waals surface area (Å²) in [5.41, 5.74) is 2.31. The van der Waals surface area contributed by atoms with Crippen molar-refractivity contribution in [3.8, 4) is 5.69 Å². The molecule has 0 saturated carbocycles. The number of hydrogen-bond donors (Lipinski definition) is 1. The maximum absolute atomic E-state index is 13.4. The van der Waals surface area contributed by atoms with Crippen molar-refractivity contribution in [1.29, 1.82) is 0 Å². The summed E-state index contributed by atoms with van der Waals surface area (Å²) in [6.45, 7) is 0.544. The number of fused-ring (bicyclic) bond motifs is 1. The van der Waals surface area contributed by atoms with Crippen LogP contribution in [0, 0.1) is 5.82 Å². The number of benzene rings is 2. The van der Waals surface area contributed by atoms with Crippen LogP contribution in [-0.4, -0.2) is 33.5 Å². The van der Waals surface area contributed by atoms with Crippen molar-refractivity contribution >= 4 is 29.4 Å². The van der Waals surface area contributed by atoms with Gasteiger partial charge < -0.3 is 5.32 Å². The van der Waals surface area contributed by atoms with Gasteiger partial charge in [0.1, 0.15) is 5.82 Å². The molecule has 2 aromatic carbocycles. The van der Waals surface area contributed by atoms with Gasteiger partial charge >= 0.3 is 0 Å². The Balaban J connectivity index is 1.48. The van der Waals surface area contributed by atoms with Gasteiger partial charge in [-0.3, -0.25) is 14.2 Å². The predicted molar refractivity (Wildman–Crippen MR) is 118 cm³/mol. The number of rotatable bonds is 7. The zero-order chi connectivity index (χ0) is 20.9. The SMILES string of the molecule is O=C(CSc1nc2c(c(=O)n1-c1ccc(F)cc1)SCC2)NCCc1ccccc1. The second-order valence-electron chi connectivity index (χ2n) is 6.76. The van der Waals surface area contributed by atoms with E-state index in [1.54, 1.807) is 12.1 Å². The highest BCUT2D eigenvalue weighted by Crippen LogP contribution is 2.29. The third kappa shape index (κ3) is 4.76. The van der Waals surface area contributed by atoms with Gasteiger partial charge in [-0.25, -0.2) is 9.37 Å². The van der Waals surface area contributed by atoms with Gasteiger partial charge in [-0.2, -0.15) is 0 Å². The van der Waals surface area contributed by atoms with Crippen molar-refractivity contribution in [2.24, 2.45) is 0 Å². The molecule has 1 N–H and O–H groups in total. The summed E-state index contributed by atoms with van der Waals surface area (Å²) < 4.78 is 14.8. The van der Waals surface area contributed by atoms with Gasteiger partial charge in [-0.05, 0) is 36.2 Å². The molecule has 0 unspecified atom stereocenters. The van der Waals surface area contributed by atoms with E-state index in [-0.39, 0.29) is 23.0 Å². The van der Waals surface area contributed by atoms with Gasteiger partial charge in [-0.15, -0.1) is 11.8 Å². The summed E-state index contributed by atoms with van der Waals surface area (Å²) in [6, 6.07) is 15.7. The standard InChI is InChI=1S/C22H20FN3O2S2/c23-16-6-8-17(9-7-16)26-21(28)20-18(11-13-29-20)25-22(26)30-14-19(27)24-12-10-15-4-2-1-3-5-15/h1-9H,10-14H2,(H,24,27). The molecule has 0 fully saturated rings. The van der Waals surface area contributed by atoms with E-state index >= 15 is 0 Å². The summed E-state index contributed by atoms with van der Waals surface area (Å²) in [5.74, 6) is 0.469. The number of amides is 1. The Labute approximate surface area is 182 Å². The molecule has 5 nitrogen and oxygen atoms in total. The first-order valence-electron chi connectivity index (χ1n) is 9.60. The van der Waals surface area contributed by atoms with Crippen LogP contribution < -0.4 is 10.9 Å². The molecule has 0 aliphatic carbocycles. The minimum absolute atomic E-state index is 0.120. The number of aromatic nitrogens is 2. The number of carbonyl (C=O) groups excluding carboxylic acids is 1. The second kappa shape index (κ2) is 9.49. The highest BCUT2D eigenvalue weighted by molar-refractivity contribution is 8.00. The molecule has 154 valence electrons. The largest absolute Gasteiger partial charge is 0.355 e. The molecule has 0 bridgehead atoms. The average Bonchev–Trinajstić information content (AvgIpc) is 3.23. The predicted octanol–water partition coefficient (Wildman–Crippen LogP) is 3.47. The Morgan fingerprint density at radius 1 is 1.17 bits per heavy atom. The fraction of sp³-hybridized carbons (Fsp3) is 0.227. The average molecular weight is 442 g/mol. The van der Waals surface area contributed by atoms with Crippen LogP contribution in [0.2, 0.25) is 0 Å². The maximum atomic E-state index is 13.4. The van der Waals surface area contributed by atoms with Gasteiger partial charge in [0.15, 0.2) is 5.16 Å². The summed E-state index contributed by atoms with van der Waals surface area (Å²) in [4.78, 5) is 30.6. The van der Waals surface area contributed by atoms with Crippen molar-refractivity contribution in [2.45, 2.75) is 22.9 Å². The molecule has 0 saturated heterocycles. The Hall–Kier alpha value is -2.58. The molecule has 0 spiro atoms. The van der Waals surface area contributed by atoms with Crippen molar-refractivity contribution in [1.82, 2.24) is 14.9 Å². The minimum Gasteiger partial charge on any atom is -0.355 e. The topological polar surface area (TPSA) is 64.0 Å². The zero-order valence-electron chi connectivity index (χ0n) is 16.1. The molecule has 8 heteroatoms. The molecule has 1 aromatic heterocycles. The molecular formula is C22H20FN3O2S2. The highest BCUT2D eigenvalue weighted by Gasteiger charge is 2.23. The monoisotopic (exact) mass is 441 g/mol. The van der Waals surface area contributed by atoms with Crippen molar-refractivity contribution < 1.29 is 9.18 Å². The van der Waals surface area contributed by atoms with E-state index in [1.807, 2.05) is 30.3 Å². The van der Waals surface area contributed by atoms with Gasteiger partial charge in [0.05, 0.1) is 22.0 Å². The maximum Gasteiger partial charge on any atom is 0.272 e.